The zero-order valence-electron chi connectivity index (χ0n) is 16.6. The van der Waals surface area contributed by atoms with Crippen molar-refractivity contribution in [3.63, 3.8) is 0 Å². The molecule has 31 heavy (non-hydrogen) atoms. The van der Waals surface area contributed by atoms with Gasteiger partial charge in [0.1, 0.15) is 17.3 Å². The van der Waals surface area contributed by atoms with E-state index in [1.54, 1.807) is 23.0 Å². The average Bonchev–Trinajstić information content (AvgIpc) is 3.20. The van der Waals surface area contributed by atoms with Crippen LogP contribution in [0.5, 0.6) is 5.88 Å². The second kappa shape index (κ2) is 8.05. The maximum absolute atomic E-state index is 14.4. The van der Waals surface area contributed by atoms with E-state index in [0.717, 1.165) is 12.1 Å². The second-order valence-electron chi connectivity index (χ2n) is 6.89. The van der Waals surface area contributed by atoms with E-state index >= 15 is 0 Å². The minimum Gasteiger partial charge on any atom is -0.493 e. The number of carbonyl (C=O) groups is 1. The molecule has 1 N–H and O–H groups in total. The van der Waals surface area contributed by atoms with Crippen LogP contribution in [-0.4, -0.2) is 42.5 Å². The lowest BCUT2D eigenvalue weighted by Gasteiger charge is -2.10. The van der Waals surface area contributed by atoms with Gasteiger partial charge in [0.25, 0.3) is 0 Å². The molecule has 0 radical (unpaired) electrons. The predicted molar refractivity (Wildman–Crippen MR) is 105 cm³/mol. The van der Waals surface area contributed by atoms with Crippen LogP contribution in [0.4, 0.5) is 8.78 Å². The summed E-state index contributed by atoms with van der Waals surface area (Å²) in [6, 6.07) is 3.52. The molecule has 0 spiro atoms. The first kappa shape index (κ1) is 20.3. The predicted octanol–water partition coefficient (Wildman–Crippen LogP) is 2.78. The van der Waals surface area contributed by atoms with Crippen molar-refractivity contribution >= 4 is 11.6 Å². The summed E-state index contributed by atoms with van der Waals surface area (Å²) in [4.78, 5) is 28.5. The molecule has 0 saturated carbocycles. The second-order valence-corrected chi connectivity index (χ2v) is 6.89. The average molecular weight is 425 g/mol. The molecule has 0 amide bonds. The lowest BCUT2D eigenvalue weighted by atomic mass is 10.1. The number of imidazole rings is 1. The van der Waals surface area contributed by atoms with Crippen molar-refractivity contribution in [1.82, 2.24) is 24.3 Å². The van der Waals surface area contributed by atoms with Gasteiger partial charge in [-0.15, -0.1) is 0 Å². The molecule has 0 saturated heterocycles. The fourth-order valence-corrected chi connectivity index (χ4v) is 3.13. The molecule has 0 aliphatic carbocycles. The summed E-state index contributed by atoms with van der Waals surface area (Å²) in [5.74, 6) is -1.88. The summed E-state index contributed by atoms with van der Waals surface area (Å²) in [6.45, 7) is 1.49. The fourth-order valence-electron chi connectivity index (χ4n) is 3.13. The number of ether oxygens (including phenoxy) is 1. The maximum Gasteiger partial charge on any atom is 0.311 e. The highest BCUT2D eigenvalue weighted by Crippen LogP contribution is 2.23. The Labute approximate surface area is 175 Å². The van der Waals surface area contributed by atoms with Gasteiger partial charge in [-0.1, -0.05) is 0 Å². The van der Waals surface area contributed by atoms with E-state index in [4.69, 9.17) is 0 Å². The van der Waals surface area contributed by atoms with Gasteiger partial charge in [0.15, 0.2) is 11.5 Å². The summed E-state index contributed by atoms with van der Waals surface area (Å²) in [5.41, 5.74) is 1.66. The molecule has 0 fully saturated rings. The number of hydrogen-bond donors (Lipinski definition) is 1. The molecule has 8 nitrogen and oxygen atoms in total. The molecule has 0 atom stereocenters. The van der Waals surface area contributed by atoms with Gasteiger partial charge in [-0.25, -0.2) is 23.7 Å². The van der Waals surface area contributed by atoms with Crippen molar-refractivity contribution < 1.29 is 23.4 Å². The SMILES string of the molecule is COC(=O)Cc1cc(O)nc(-c2cn3ccnc3c(Cc3cc(F)c(C)cc3F)n2)n1. The minimum absolute atomic E-state index is 0.0226. The van der Waals surface area contributed by atoms with Crippen LogP contribution in [0.2, 0.25) is 0 Å². The van der Waals surface area contributed by atoms with E-state index in [0.29, 0.717) is 11.3 Å². The number of hydrogen-bond acceptors (Lipinski definition) is 7. The lowest BCUT2D eigenvalue weighted by molar-refractivity contribution is -0.139. The number of aromatic hydroxyl groups is 1. The lowest BCUT2D eigenvalue weighted by Crippen LogP contribution is -2.08. The van der Waals surface area contributed by atoms with Gasteiger partial charge in [-0.05, 0) is 30.2 Å². The summed E-state index contributed by atoms with van der Waals surface area (Å²) in [7, 11) is 1.25. The molecule has 3 heterocycles. The van der Waals surface area contributed by atoms with Crippen LogP contribution in [0.15, 0.2) is 36.8 Å². The molecule has 4 aromatic rings. The number of carbonyl (C=O) groups excluding carboxylic acids is 1. The topological polar surface area (TPSA) is 102 Å². The van der Waals surface area contributed by atoms with E-state index in [9.17, 15) is 18.7 Å². The first-order chi connectivity index (χ1) is 14.8. The molecule has 10 heteroatoms. The van der Waals surface area contributed by atoms with Gasteiger partial charge in [-0.3, -0.25) is 4.79 Å². The molecular formula is C21H17F2N5O3. The highest BCUT2D eigenvalue weighted by molar-refractivity contribution is 5.72. The highest BCUT2D eigenvalue weighted by Gasteiger charge is 2.17. The number of fused-ring (bicyclic) bond motifs is 1. The van der Waals surface area contributed by atoms with Crippen molar-refractivity contribution in [2.45, 2.75) is 19.8 Å². The molecule has 0 bridgehead atoms. The van der Waals surface area contributed by atoms with Crippen LogP contribution in [-0.2, 0) is 22.4 Å². The smallest absolute Gasteiger partial charge is 0.311 e. The van der Waals surface area contributed by atoms with Crippen LogP contribution in [0.3, 0.4) is 0 Å². The van der Waals surface area contributed by atoms with Gasteiger partial charge in [-0.2, -0.15) is 4.98 Å². The zero-order valence-corrected chi connectivity index (χ0v) is 16.6. The van der Waals surface area contributed by atoms with Crippen molar-refractivity contribution in [2.24, 2.45) is 0 Å². The number of methoxy groups -OCH3 is 1. The van der Waals surface area contributed by atoms with Crippen LogP contribution < -0.4 is 0 Å². The Balaban J connectivity index is 1.80. The Morgan fingerprint density at radius 3 is 2.74 bits per heavy atom. The van der Waals surface area contributed by atoms with Crippen molar-refractivity contribution in [1.29, 1.82) is 0 Å². The number of nitrogens with zero attached hydrogens (tertiary/aromatic N) is 5. The summed E-state index contributed by atoms with van der Waals surface area (Å²) >= 11 is 0. The van der Waals surface area contributed by atoms with E-state index in [1.165, 1.54) is 20.1 Å². The summed E-state index contributed by atoms with van der Waals surface area (Å²) in [6.07, 6.45) is 4.62. The first-order valence-corrected chi connectivity index (χ1v) is 9.25. The number of aryl methyl sites for hydroxylation is 1. The third-order valence-corrected chi connectivity index (χ3v) is 4.68. The van der Waals surface area contributed by atoms with E-state index in [-0.39, 0.29) is 47.1 Å². The molecule has 158 valence electrons. The summed E-state index contributed by atoms with van der Waals surface area (Å²) < 4.78 is 34.7. The number of benzene rings is 1. The Morgan fingerprint density at radius 2 is 1.97 bits per heavy atom. The Kier molecular flexibility index (Phi) is 5.28. The molecule has 0 aliphatic heterocycles. The third-order valence-electron chi connectivity index (χ3n) is 4.68. The number of esters is 1. The zero-order chi connectivity index (χ0) is 22.1. The van der Waals surface area contributed by atoms with Crippen molar-refractivity contribution in [3.05, 3.63) is 70.9 Å². The van der Waals surface area contributed by atoms with E-state index in [1.807, 2.05) is 0 Å². The molecule has 0 aliphatic rings. The molecule has 0 unspecified atom stereocenters. The number of halogens is 2. The third kappa shape index (κ3) is 4.18. The van der Waals surface area contributed by atoms with Gasteiger partial charge in [0.2, 0.25) is 5.88 Å². The van der Waals surface area contributed by atoms with E-state index in [2.05, 4.69) is 24.7 Å². The summed E-state index contributed by atoms with van der Waals surface area (Å²) in [5, 5.41) is 9.97. The highest BCUT2D eigenvalue weighted by atomic mass is 19.1. The molecule has 1 aromatic carbocycles. The van der Waals surface area contributed by atoms with Gasteiger partial charge < -0.3 is 14.2 Å². The monoisotopic (exact) mass is 425 g/mol. The standard InChI is InChI=1S/C21H17F2N5O3/c1-11-5-15(23)12(6-14(11)22)7-16-21-24-3-4-28(21)10-17(26-16)20-25-13(8-18(29)27-20)9-19(30)31-2/h3-6,8,10H,7,9H2,1-2H3,(H,25,27,29). The Hall–Kier alpha value is -3.95. The van der Waals surface area contributed by atoms with Crippen molar-refractivity contribution in [3.8, 4) is 17.4 Å². The fraction of sp³-hybridized carbons (Fsp3) is 0.190. The molecule has 4 rings (SSSR count). The molecular weight excluding hydrogens is 408 g/mol. The van der Waals surface area contributed by atoms with Crippen molar-refractivity contribution in [2.75, 3.05) is 7.11 Å². The minimum atomic E-state index is -0.551. The number of aromatic nitrogens is 5. The Morgan fingerprint density at radius 1 is 1.16 bits per heavy atom. The molecule has 3 aromatic heterocycles. The Bertz CT molecular complexity index is 1310. The first-order valence-electron chi connectivity index (χ1n) is 9.25. The largest absolute Gasteiger partial charge is 0.493 e. The maximum atomic E-state index is 14.4. The van der Waals surface area contributed by atoms with Crippen LogP contribution in [0.1, 0.15) is 22.5 Å². The van der Waals surface area contributed by atoms with Crippen LogP contribution in [0, 0.1) is 18.6 Å². The van der Waals surface area contributed by atoms with Crippen LogP contribution in [0.25, 0.3) is 17.2 Å². The van der Waals surface area contributed by atoms with Gasteiger partial charge in [0, 0.05) is 31.1 Å². The van der Waals surface area contributed by atoms with E-state index < -0.39 is 17.6 Å². The van der Waals surface area contributed by atoms with Gasteiger partial charge >= 0.3 is 5.97 Å². The quantitative estimate of drug-likeness (QED) is 0.491. The van der Waals surface area contributed by atoms with Gasteiger partial charge in [0.05, 0.1) is 24.9 Å². The van der Waals surface area contributed by atoms with Crippen LogP contribution >= 0.6 is 0 Å². The normalized spacial score (nSPS) is 11.1. The number of rotatable bonds is 5.